The highest BCUT2D eigenvalue weighted by atomic mass is 32.2. The fourth-order valence-corrected chi connectivity index (χ4v) is 3.15. The van der Waals surface area contributed by atoms with E-state index in [0.29, 0.717) is 12.5 Å². The van der Waals surface area contributed by atoms with Gasteiger partial charge in [0.1, 0.15) is 0 Å². The molecule has 1 aliphatic rings. The molecule has 72 valence electrons. The SMILES string of the molecule is CC(C)C1CCCN1S(C)(=O)=O. The zero-order valence-electron chi connectivity index (χ0n) is 7.95. The maximum absolute atomic E-state index is 11.3. The Morgan fingerprint density at radius 3 is 2.33 bits per heavy atom. The van der Waals surface area contributed by atoms with Crippen molar-refractivity contribution in [3.8, 4) is 0 Å². The van der Waals surface area contributed by atoms with E-state index in [-0.39, 0.29) is 6.04 Å². The van der Waals surface area contributed by atoms with Crippen LogP contribution in [0.15, 0.2) is 0 Å². The lowest BCUT2D eigenvalue weighted by Gasteiger charge is -2.24. The van der Waals surface area contributed by atoms with Crippen LogP contribution in [-0.4, -0.2) is 31.6 Å². The Balaban J connectivity index is 2.78. The quantitative estimate of drug-likeness (QED) is 0.654. The molecule has 0 aromatic rings. The van der Waals surface area contributed by atoms with Crippen LogP contribution in [0, 0.1) is 5.92 Å². The predicted octanol–water partition coefficient (Wildman–Crippen LogP) is 1.07. The van der Waals surface area contributed by atoms with E-state index in [1.165, 1.54) is 6.26 Å². The Morgan fingerprint density at radius 1 is 1.42 bits per heavy atom. The van der Waals surface area contributed by atoms with Crippen molar-refractivity contribution in [1.82, 2.24) is 4.31 Å². The van der Waals surface area contributed by atoms with Crippen LogP contribution in [0.3, 0.4) is 0 Å². The Bertz CT molecular complexity index is 246. The van der Waals surface area contributed by atoms with E-state index >= 15 is 0 Å². The number of rotatable bonds is 2. The summed E-state index contributed by atoms with van der Waals surface area (Å²) in [5, 5.41) is 0. The summed E-state index contributed by atoms with van der Waals surface area (Å²) in [6.07, 6.45) is 3.33. The van der Waals surface area contributed by atoms with Gasteiger partial charge in [0.2, 0.25) is 10.0 Å². The van der Waals surface area contributed by atoms with E-state index in [2.05, 4.69) is 13.8 Å². The summed E-state index contributed by atoms with van der Waals surface area (Å²) in [4.78, 5) is 0. The molecule has 0 spiro atoms. The van der Waals surface area contributed by atoms with Gasteiger partial charge in [-0.3, -0.25) is 0 Å². The van der Waals surface area contributed by atoms with E-state index in [4.69, 9.17) is 0 Å². The van der Waals surface area contributed by atoms with Gasteiger partial charge < -0.3 is 0 Å². The maximum atomic E-state index is 11.3. The lowest BCUT2D eigenvalue weighted by molar-refractivity contribution is 0.317. The van der Waals surface area contributed by atoms with E-state index in [1.807, 2.05) is 0 Å². The largest absolute Gasteiger partial charge is 0.212 e. The third-order valence-corrected chi connectivity index (χ3v) is 3.75. The second kappa shape index (κ2) is 3.34. The van der Waals surface area contributed by atoms with Crippen LogP contribution in [0.5, 0.6) is 0 Å². The molecule has 0 aromatic heterocycles. The summed E-state index contributed by atoms with van der Waals surface area (Å²) in [5.41, 5.74) is 0. The third-order valence-electron chi connectivity index (χ3n) is 2.44. The van der Waals surface area contributed by atoms with Gasteiger partial charge in [-0.15, -0.1) is 0 Å². The Labute approximate surface area is 74.8 Å². The Hall–Kier alpha value is -0.0900. The molecule has 0 aromatic carbocycles. The van der Waals surface area contributed by atoms with Crippen molar-refractivity contribution in [2.24, 2.45) is 5.92 Å². The van der Waals surface area contributed by atoms with Crippen molar-refractivity contribution in [3.63, 3.8) is 0 Å². The van der Waals surface area contributed by atoms with Gasteiger partial charge in [0.05, 0.1) is 6.26 Å². The van der Waals surface area contributed by atoms with Crippen LogP contribution < -0.4 is 0 Å². The normalized spacial score (nSPS) is 26.8. The van der Waals surface area contributed by atoms with Crippen molar-refractivity contribution < 1.29 is 8.42 Å². The van der Waals surface area contributed by atoms with E-state index in [0.717, 1.165) is 12.8 Å². The summed E-state index contributed by atoms with van der Waals surface area (Å²) in [5.74, 6) is 0.433. The molecule has 1 fully saturated rings. The van der Waals surface area contributed by atoms with Gasteiger partial charge in [-0.05, 0) is 18.8 Å². The lowest BCUT2D eigenvalue weighted by atomic mass is 10.0. The summed E-state index contributed by atoms with van der Waals surface area (Å²) in [6, 6.07) is 0.236. The monoisotopic (exact) mass is 191 g/mol. The zero-order valence-corrected chi connectivity index (χ0v) is 8.76. The number of hydrogen-bond acceptors (Lipinski definition) is 2. The summed E-state index contributed by atoms with van der Waals surface area (Å²) in [6.45, 7) is 4.87. The average Bonchev–Trinajstić information content (AvgIpc) is 2.30. The molecule has 1 heterocycles. The first-order chi connectivity index (χ1) is 5.43. The van der Waals surface area contributed by atoms with Crippen LogP contribution in [0.25, 0.3) is 0 Å². The van der Waals surface area contributed by atoms with Crippen LogP contribution in [-0.2, 0) is 10.0 Å². The molecule has 1 atom stereocenters. The molecular formula is C8H17NO2S. The minimum absolute atomic E-state index is 0.236. The van der Waals surface area contributed by atoms with Gasteiger partial charge in [0.25, 0.3) is 0 Å². The number of hydrogen-bond donors (Lipinski definition) is 0. The molecule has 3 nitrogen and oxygen atoms in total. The van der Waals surface area contributed by atoms with Crippen molar-refractivity contribution in [2.45, 2.75) is 32.7 Å². The molecule has 0 bridgehead atoms. The number of sulfonamides is 1. The number of nitrogens with zero attached hydrogens (tertiary/aromatic N) is 1. The Morgan fingerprint density at radius 2 is 2.00 bits per heavy atom. The van der Waals surface area contributed by atoms with Crippen molar-refractivity contribution in [2.75, 3.05) is 12.8 Å². The first-order valence-electron chi connectivity index (χ1n) is 4.39. The second-order valence-corrected chi connectivity index (χ2v) is 5.76. The molecule has 0 radical (unpaired) electrons. The van der Waals surface area contributed by atoms with E-state index in [9.17, 15) is 8.42 Å². The van der Waals surface area contributed by atoms with Crippen LogP contribution in [0.1, 0.15) is 26.7 Å². The highest BCUT2D eigenvalue weighted by Gasteiger charge is 2.32. The molecule has 0 amide bonds. The summed E-state index contributed by atoms with van der Waals surface area (Å²) >= 11 is 0. The maximum Gasteiger partial charge on any atom is 0.211 e. The summed E-state index contributed by atoms with van der Waals surface area (Å²) < 4.78 is 24.2. The lowest BCUT2D eigenvalue weighted by Crippen LogP contribution is -2.37. The fraction of sp³-hybridized carbons (Fsp3) is 1.00. The van der Waals surface area contributed by atoms with Gasteiger partial charge in [-0.2, -0.15) is 4.31 Å². The standard InChI is InChI=1S/C8H17NO2S/c1-7(2)8-5-4-6-9(8)12(3,10)11/h7-8H,4-6H2,1-3H3. The second-order valence-electron chi connectivity index (χ2n) is 3.83. The molecule has 1 unspecified atom stereocenters. The molecule has 0 saturated carbocycles. The molecule has 1 rings (SSSR count). The first-order valence-corrected chi connectivity index (χ1v) is 6.24. The summed E-state index contributed by atoms with van der Waals surface area (Å²) in [7, 11) is -2.96. The topological polar surface area (TPSA) is 37.4 Å². The average molecular weight is 191 g/mol. The molecule has 0 N–H and O–H groups in total. The van der Waals surface area contributed by atoms with Crippen molar-refractivity contribution >= 4 is 10.0 Å². The van der Waals surface area contributed by atoms with Crippen molar-refractivity contribution in [1.29, 1.82) is 0 Å². The van der Waals surface area contributed by atoms with Crippen molar-refractivity contribution in [3.05, 3.63) is 0 Å². The van der Waals surface area contributed by atoms with E-state index in [1.54, 1.807) is 4.31 Å². The Kier molecular flexibility index (Phi) is 2.78. The van der Waals surface area contributed by atoms with Gasteiger partial charge in [0.15, 0.2) is 0 Å². The molecule has 12 heavy (non-hydrogen) atoms. The van der Waals surface area contributed by atoms with E-state index < -0.39 is 10.0 Å². The highest BCUT2D eigenvalue weighted by Crippen LogP contribution is 2.25. The van der Waals surface area contributed by atoms with Gasteiger partial charge in [0, 0.05) is 12.6 Å². The smallest absolute Gasteiger partial charge is 0.211 e. The van der Waals surface area contributed by atoms with Gasteiger partial charge in [-0.25, -0.2) is 8.42 Å². The first kappa shape index (κ1) is 9.99. The fourth-order valence-electron chi connectivity index (χ4n) is 1.84. The van der Waals surface area contributed by atoms with Crippen LogP contribution in [0.4, 0.5) is 0 Å². The van der Waals surface area contributed by atoms with Crippen LogP contribution >= 0.6 is 0 Å². The zero-order chi connectivity index (χ0) is 9.35. The molecule has 4 heteroatoms. The molecule has 1 saturated heterocycles. The highest BCUT2D eigenvalue weighted by molar-refractivity contribution is 7.88. The van der Waals surface area contributed by atoms with Gasteiger partial charge >= 0.3 is 0 Å². The van der Waals surface area contributed by atoms with Crippen LogP contribution in [0.2, 0.25) is 0 Å². The molecular weight excluding hydrogens is 174 g/mol. The van der Waals surface area contributed by atoms with Gasteiger partial charge in [-0.1, -0.05) is 13.8 Å². The third kappa shape index (κ3) is 1.98. The predicted molar refractivity (Wildman–Crippen MR) is 49.4 cm³/mol. The molecule has 0 aliphatic carbocycles. The minimum Gasteiger partial charge on any atom is -0.212 e. The molecule has 1 aliphatic heterocycles. The minimum atomic E-state index is -2.96.